The van der Waals surface area contributed by atoms with E-state index in [2.05, 4.69) is 5.32 Å². The fraction of sp³-hybridized carbons (Fsp3) is 0.778. The second-order valence-corrected chi connectivity index (χ2v) is 3.75. The quantitative estimate of drug-likeness (QED) is 0.670. The highest BCUT2D eigenvalue weighted by molar-refractivity contribution is 5.75. The number of carbonyl (C=O) groups is 2. The van der Waals surface area contributed by atoms with E-state index >= 15 is 0 Å². The molecule has 9 heteroatoms. The lowest BCUT2D eigenvalue weighted by atomic mass is 9.84. The third kappa shape index (κ3) is 4.86. The van der Waals surface area contributed by atoms with Gasteiger partial charge in [0.25, 0.3) is 0 Å². The Morgan fingerprint density at radius 1 is 1.28 bits per heavy atom. The Balaban J connectivity index is 0.000000360. The van der Waals surface area contributed by atoms with E-state index in [1.807, 2.05) is 0 Å². The summed E-state index contributed by atoms with van der Waals surface area (Å²) in [5.41, 5.74) is -0.825. The first kappa shape index (κ1) is 16.6. The standard InChI is InChI=1S/C7H12FNO2.C2HF3O2/c8-3-1-7(6(10)11)2-4-9-5-7;3-2(4,5)1(6)7/h9H,1-5H2,(H,10,11);(H,6,7). The molecule has 18 heavy (non-hydrogen) atoms. The molecule has 0 aromatic carbocycles. The highest BCUT2D eigenvalue weighted by Crippen LogP contribution is 2.29. The number of hydrogen-bond acceptors (Lipinski definition) is 3. The van der Waals surface area contributed by atoms with Crippen molar-refractivity contribution >= 4 is 11.9 Å². The van der Waals surface area contributed by atoms with Crippen molar-refractivity contribution in [2.45, 2.75) is 19.0 Å². The molecule has 1 fully saturated rings. The van der Waals surface area contributed by atoms with Crippen molar-refractivity contribution < 1.29 is 37.4 Å². The zero-order valence-electron chi connectivity index (χ0n) is 9.26. The zero-order chi connectivity index (χ0) is 14.4. The molecule has 0 bridgehead atoms. The molecule has 0 amide bonds. The summed E-state index contributed by atoms with van der Waals surface area (Å²) in [6.07, 6.45) is -4.40. The summed E-state index contributed by atoms with van der Waals surface area (Å²) >= 11 is 0. The van der Waals surface area contributed by atoms with Gasteiger partial charge < -0.3 is 15.5 Å². The molecule has 0 radical (unpaired) electrons. The average molecular weight is 275 g/mol. The molecule has 106 valence electrons. The molecule has 0 aromatic rings. The monoisotopic (exact) mass is 275 g/mol. The van der Waals surface area contributed by atoms with Crippen molar-refractivity contribution in [3.8, 4) is 0 Å². The molecular weight excluding hydrogens is 262 g/mol. The highest BCUT2D eigenvalue weighted by Gasteiger charge is 2.40. The van der Waals surface area contributed by atoms with Crippen molar-refractivity contribution in [3.05, 3.63) is 0 Å². The minimum absolute atomic E-state index is 0.134. The Hall–Kier alpha value is -1.38. The van der Waals surface area contributed by atoms with Crippen LogP contribution in [0, 0.1) is 5.41 Å². The zero-order valence-corrected chi connectivity index (χ0v) is 9.26. The van der Waals surface area contributed by atoms with Crippen LogP contribution >= 0.6 is 0 Å². The fourth-order valence-electron chi connectivity index (χ4n) is 1.43. The molecule has 3 N–H and O–H groups in total. The highest BCUT2D eigenvalue weighted by atomic mass is 19.4. The lowest BCUT2D eigenvalue weighted by Crippen LogP contribution is -2.33. The maximum atomic E-state index is 12.0. The first-order valence-corrected chi connectivity index (χ1v) is 4.96. The van der Waals surface area contributed by atoms with Gasteiger partial charge in [0.05, 0.1) is 12.1 Å². The van der Waals surface area contributed by atoms with E-state index in [1.54, 1.807) is 0 Å². The molecule has 0 aliphatic carbocycles. The van der Waals surface area contributed by atoms with E-state index in [-0.39, 0.29) is 6.42 Å². The molecule has 1 saturated heterocycles. The van der Waals surface area contributed by atoms with Crippen LogP contribution in [0.2, 0.25) is 0 Å². The van der Waals surface area contributed by atoms with Crippen LogP contribution < -0.4 is 5.32 Å². The normalized spacial score (nSPS) is 23.1. The van der Waals surface area contributed by atoms with Crippen molar-refractivity contribution in [1.29, 1.82) is 0 Å². The number of aliphatic carboxylic acids is 2. The number of hydrogen-bond donors (Lipinski definition) is 3. The minimum atomic E-state index is -5.08. The van der Waals surface area contributed by atoms with E-state index < -0.39 is 30.2 Å². The van der Waals surface area contributed by atoms with Crippen LogP contribution in [0.25, 0.3) is 0 Å². The summed E-state index contributed by atoms with van der Waals surface area (Å²) in [7, 11) is 0. The third-order valence-electron chi connectivity index (χ3n) is 2.51. The summed E-state index contributed by atoms with van der Waals surface area (Å²) in [5.74, 6) is -3.63. The van der Waals surface area contributed by atoms with Crippen LogP contribution in [0.15, 0.2) is 0 Å². The van der Waals surface area contributed by atoms with Gasteiger partial charge in [-0.15, -0.1) is 0 Å². The SMILES string of the molecule is O=C(O)C(F)(F)F.O=C(O)C1(CCF)CCNC1. The van der Waals surface area contributed by atoms with Gasteiger partial charge in [0, 0.05) is 6.54 Å². The third-order valence-corrected chi connectivity index (χ3v) is 2.51. The van der Waals surface area contributed by atoms with Gasteiger partial charge in [-0.2, -0.15) is 13.2 Å². The van der Waals surface area contributed by atoms with Crippen LogP contribution in [0.1, 0.15) is 12.8 Å². The number of halogens is 4. The lowest BCUT2D eigenvalue weighted by Gasteiger charge is -2.20. The van der Waals surface area contributed by atoms with Gasteiger partial charge in [-0.1, -0.05) is 0 Å². The van der Waals surface area contributed by atoms with Crippen LogP contribution in [-0.2, 0) is 9.59 Å². The molecule has 0 spiro atoms. The van der Waals surface area contributed by atoms with Crippen LogP contribution in [0.5, 0.6) is 0 Å². The van der Waals surface area contributed by atoms with Crippen molar-refractivity contribution in [2.24, 2.45) is 5.41 Å². The predicted molar refractivity (Wildman–Crippen MR) is 51.8 cm³/mol. The molecule has 5 nitrogen and oxygen atoms in total. The molecule has 1 aliphatic heterocycles. The molecule has 1 heterocycles. The molecule has 1 atom stereocenters. The Morgan fingerprint density at radius 3 is 2.00 bits per heavy atom. The molecule has 0 saturated carbocycles. The molecule has 0 aromatic heterocycles. The predicted octanol–water partition coefficient (Wildman–Crippen LogP) is 1.04. The van der Waals surface area contributed by atoms with Crippen LogP contribution in [0.4, 0.5) is 17.6 Å². The van der Waals surface area contributed by atoms with Crippen LogP contribution in [-0.4, -0.2) is 48.1 Å². The van der Waals surface area contributed by atoms with Gasteiger partial charge in [0.1, 0.15) is 0 Å². The van der Waals surface area contributed by atoms with Gasteiger partial charge in [0.15, 0.2) is 0 Å². The fourth-order valence-corrected chi connectivity index (χ4v) is 1.43. The number of alkyl halides is 4. The maximum Gasteiger partial charge on any atom is 0.490 e. The second-order valence-electron chi connectivity index (χ2n) is 3.75. The van der Waals surface area contributed by atoms with Gasteiger partial charge in [-0.05, 0) is 19.4 Å². The largest absolute Gasteiger partial charge is 0.490 e. The Labute approximate surface area is 99.8 Å². The van der Waals surface area contributed by atoms with Gasteiger partial charge in [-0.3, -0.25) is 9.18 Å². The molecular formula is C9H13F4NO4. The van der Waals surface area contributed by atoms with E-state index in [4.69, 9.17) is 15.0 Å². The summed E-state index contributed by atoms with van der Waals surface area (Å²) in [5, 5.41) is 18.8. The minimum Gasteiger partial charge on any atom is -0.481 e. The van der Waals surface area contributed by atoms with Gasteiger partial charge in [0.2, 0.25) is 0 Å². The molecule has 1 rings (SSSR count). The second kappa shape index (κ2) is 6.53. The molecule has 1 aliphatic rings. The van der Waals surface area contributed by atoms with Gasteiger partial charge in [-0.25, -0.2) is 4.79 Å². The first-order chi connectivity index (χ1) is 8.15. The number of rotatable bonds is 3. The smallest absolute Gasteiger partial charge is 0.481 e. The van der Waals surface area contributed by atoms with Crippen molar-refractivity contribution in [2.75, 3.05) is 19.8 Å². The Bertz CT molecular complexity index is 299. The van der Waals surface area contributed by atoms with Crippen molar-refractivity contribution in [3.63, 3.8) is 0 Å². The topological polar surface area (TPSA) is 86.6 Å². The van der Waals surface area contributed by atoms with Crippen molar-refractivity contribution in [1.82, 2.24) is 5.32 Å². The van der Waals surface area contributed by atoms with E-state index in [0.717, 1.165) is 0 Å². The summed E-state index contributed by atoms with van der Waals surface area (Å²) < 4.78 is 43.7. The summed E-state index contributed by atoms with van der Waals surface area (Å²) in [6, 6.07) is 0. The Kier molecular flexibility index (Phi) is 6.02. The average Bonchev–Trinajstić information content (AvgIpc) is 2.67. The van der Waals surface area contributed by atoms with Crippen LogP contribution in [0.3, 0.4) is 0 Å². The Morgan fingerprint density at radius 2 is 1.78 bits per heavy atom. The lowest BCUT2D eigenvalue weighted by molar-refractivity contribution is -0.192. The maximum absolute atomic E-state index is 12.0. The summed E-state index contributed by atoms with van der Waals surface area (Å²) in [4.78, 5) is 19.6. The van der Waals surface area contributed by atoms with Gasteiger partial charge >= 0.3 is 18.1 Å². The summed E-state index contributed by atoms with van der Waals surface area (Å²) in [6.45, 7) is 0.548. The van der Waals surface area contributed by atoms with E-state index in [9.17, 15) is 22.4 Å². The van der Waals surface area contributed by atoms with E-state index in [1.165, 1.54) is 0 Å². The molecule has 1 unspecified atom stereocenters. The van der Waals surface area contributed by atoms with E-state index in [0.29, 0.717) is 19.5 Å². The first-order valence-electron chi connectivity index (χ1n) is 4.96. The number of carboxylic acid groups (broad SMARTS) is 2. The number of nitrogens with one attached hydrogen (secondary N) is 1. The number of carboxylic acids is 2.